The van der Waals surface area contributed by atoms with Gasteiger partial charge in [0.25, 0.3) is 0 Å². The van der Waals surface area contributed by atoms with Gasteiger partial charge in [0, 0.05) is 38.3 Å². The number of hydrogen-bond acceptors (Lipinski definition) is 4. The van der Waals surface area contributed by atoms with Crippen LogP contribution in [0.15, 0.2) is 35.2 Å². The molecule has 0 radical (unpaired) electrons. The summed E-state index contributed by atoms with van der Waals surface area (Å²) in [5.74, 6) is 0.00776. The highest BCUT2D eigenvalue weighted by atomic mass is 32.2. The van der Waals surface area contributed by atoms with Gasteiger partial charge in [-0.25, -0.2) is 8.42 Å². The van der Waals surface area contributed by atoms with Gasteiger partial charge < -0.3 is 5.32 Å². The summed E-state index contributed by atoms with van der Waals surface area (Å²) in [4.78, 5) is 12.4. The first-order valence-corrected chi connectivity index (χ1v) is 12.2. The summed E-state index contributed by atoms with van der Waals surface area (Å²) in [6.45, 7) is 6.60. The van der Waals surface area contributed by atoms with Gasteiger partial charge in [0.1, 0.15) is 0 Å². The van der Waals surface area contributed by atoms with Crippen molar-refractivity contribution in [3.63, 3.8) is 0 Å². The second kappa shape index (κ2) is 10.2. The predicted molar refractivity (Wildman–Crippen MR) is 117 cm³/mol. The van der Waals surface area contributed by atoms with Gasteiger partial charge >= 0.3 is 0 Å². The van der Waals surface area contributed by atoms with Crippen LogP contribution in [0.5, 0.6) is 0 Å². The molecule has 0 atom stereocenters. The SMILES string of the molecule is Cc1cc(C)n(CCCNC(=O)CCc2ccc(S(=O)(=O)N3CCCCC3)cc2)n1. The topological polar surface area (TPSA) is 84.3 Å². The maximum absolute atomic E-state index is 12.7. The molecule has 1 fully saturated rings. The van der Waals surface area contributed by atoms with Crippen molar-refractivity contribution in [2.45, 2.75) is 63.8 Å². The Morgan fingerprint density at radius 3 is 2.43 bits per heavy atom. The van der Waals surface area contributed by atoms with E-state index in [9.17, 15) is 13.2 Å². The van der Waals surface area contributed by atoms with Gasteiger partial charge in [-0.3, -0.25) is 9.48 Å². The maximum Gasteiger partial charge on any atom is 0.243 e. The fourth-order valence-electron chi connectivity index (χ4n) is 3.79. The smallest absolute Gasteiger partial charge is 0.243 e. The van der Waals surface area contributed by atoms with Gasteiger partial charge in [0.15, 0.2) is 0 Å². The Labute approximate surface area is 179 Å². The van der Waals surface area contributed by atoms with Gasteiger partial charge in [0.05, 0.1) is 10.6 Å². The number of nitrogens with zero attached hydrogens (tertiary/aromatic N) is 3. The van der Waals surface area contributed by atoms with Gasteiger partial charge in [-0.2, -0.15) is 9.40 Å². The second-order valence-electron chi connectivity index (χ2n) is 7.96. The van der Waals surface area contributed by atoms with Crippen molar-refractivity contribution in [2.75, 3.05) is 19.6 Å². The summed E-state index contributed by atoms with van der Waals surface area (Å²) in [6, 6.07) is 8.98. The van der Waals surface area contributed by atoms with E-state index in [-0.39, 0.29) is 5.91 Å². The lowest BCUT2D eigenvalue weighted by molar-refractivity contribution is -0.121. The lowest BCUT2D eigenvalue weighted by Gasteiger charge is -2.25. The van der Waals surface area contributed by atoms with Crippen molar-refractivity contribution in [2.24, 2.45) is 0 Å². The highest BCUT2D eigenvalue weighted by Crippen LogP contribution is 2.21. The zero-order valence-electron chi connectivity index (χ0n) is 17.9. The average Bonchev–Trinajstić information content (AvgIpc) is 3.07. The lowest BCUT2D eigenvalue weighted by atomic mass is 10.1. The molecule has 0 saturated carbocycles. The molecule has 0 bridgehead atoms. The third-order valence-electron chi connectivity index (χ3n) is 5.49. The third-order valence-corrected chi connectivity index (χ3v) is 7.40. The molecule has 1 amide bonds. The Kier molecular flexibility index (Phi) is 7.66. The molecule has 1 aromatic heterocycles. The first kappa shape index (κ1) is 22.5. The number of amides is 1. The molecule has 164 valence electrons. The molecular formula is C22H32N4O3S. The number of piperidine rings is 1. The Morgan fingerprint density at radius 1 is 1.10 bits per heavy atom. The van der Waals surface area contributed by atoms with E-state index in [1.165, 1.54) is 0 Å². The summed E-state index contributed by atoms with van der Waals surface area (Å²) < 4.78 is 28.9. The van der Waals surface area contributed by atoms with Crippen LogP contribution in [0.2, 0.25) is 0 Å². The molecule has 1 N–H and O–H groups in total. The van der Waals surface area contributed by atoms with Crippen LogP contribution in [-0.2, 0) is 27.8 Å². The molecule has 3 rings (SSSR count). The molecule has 1 saturated heterocycles. The standard InChI is InChI=1S/C22H32N4O3S/c1-18-17-19(2)26(24-18)16-6-13-23-22(27)12-9-20-7-10-21(11-8-20)30(28,29)25-14-4-3-5-15-25/h7-8,10-11,17H,3-6,9,12-16H2,1-2H3,(H,23,27). The molecule has 30 heavy (non-hydrogen) atoms. The van der Waals surface area contributed by atoms with E-state index in [0.717, 1.165) is 49.2 Å². The molecule has 2 aromatic rings. The number of rotatable bonds is 9. The number of benzene rings is 1. The molecule has 1 aliphatic rings. The van der Waals surface area contributed by atoms with E-state index >= 15 is 0 Å². The minimum Gasteiger partial charge on any atom is -0.356 e. The van der Waals surface area contributed by atoms with Gasteiger partial charge in [0.2, 0.25) is 15.9 Å². The minimum atomic E-state index is -3.40. The van der Waals surface area contributed by atoms with Crippen LogP contribution in [0.4, 0.5) is 0 Å². The fourth-order valence-corrected chi connectivity index (χ4v) is 5.30. The number of carbonyl (C=O) groups excluding carboxylic acids is 1. The van der Waals surface area contributed by atoms with Gasteiger partial charge in [-0.05, 0) is 63.3 Å². The van der Waals surface area contributed by atoms with Gasteiger partial charge in [-0.15, -0.1) is 0 Å². The molecule has 7 nitrogen and oxygen atoms in total. The van der Waals surface area contributed by atoms with E-state index in [0.29, 0.717) is 37.4 Å². The molecule has 0 spiro atoms. The first-order valence-electron chi connectivity index (χ1n) is 10.7. The maximum atomic E-state index is 12.7. The zero-order valence-corrected chi connectivity index (χ0v) is 18.7. The molecular weight excluding hydrogens is 400 g/mol. The third kappa shape index (κ3) is 5.92. The van der Waals surface area contributed by atoms with Crippen LogP contribution in [-0.4, -0.2) is 48.0 Å². The van der Waals surface area contributed by atoms with Crippen LogP contribution in [0.1, 0.15) is 49.1 Å². The number of sulfonamides is 1. The molecule has 0 unspecified atom stereocenters. The average molecular weight is 433 g/mol. The first-order chi connectivity index (χ1) is 14.4. The monoisotopic (exact) mass is 432 g/mol. The largest absolute Gasteiger partial charge is 0.356 e. The van der Waals surface area contributed by atoms with Crippen LogP contribution in [0.25, 0.3) is 0 Å². The minimum absolute atomic E-state index is 0.00776. The number of carbonyl (C=O) groups is 1. The summed E-state index contributed by atoms with van der Waals surface area (Å²) >= 11 is 0. The number of aromatic nitrogens is 2. The predicted octanol–water partition coefficient (Wildman–Crippen LogP) is 2.81. The number of nitrogens with one attached hydrogen (secondary N) is 1. The van der Waals surface area contributed by atoms with E-state index < -0.39 is 10.0 Å². The number of aryl methyl sites for hydroxylation is 4. The fraction of sp³-hybridized carbons (Fsp3) is 0.545. The molecule has 1 aromatic carbocycles. The second-order valence-corrected chi connectivity index (χ2v) is 9.90. The lowest BCUT2D eigenvalue weighted by Crippen LogP contribution is -2.35. The Balaban J connectivity index is 1.41. The van der Waals surface area contributed by atoms with Gasteiger partial charge in [-0.1, -0.05) is 18.6 Å². The molecule has 0 aliphatic carbocycles. The van der Waals surface area contributed by atoms with E-state index in [2.05, 4.69) is 10.4 Å². The van der Waals surface area contributed by atoms with Crippen molar-refractivity contribution in [1.29, 1.82) is 0 Å². The number of hydrogen-bond donors (Lipinski definition) is 1. The summed E-state index contributed by atoms with van der Waals surface area (Å²) in [5, 5.41) is 7.36. The van der Waals surface area contributed by atoms with Crippen LogP contribution < -0.4 is 5.32 Å². The van der Waals surface area contributed by atoms with E-state index in [1.54, 1.807) is 16.4 Å². The van der Waals surface area contributed by atoms with Crippen molar-refractivity contribution in [1.82, 2.24) is 19.4 Å². The molecule has 8 heteroatoms. The quantitative estimate of drug-likeness (QED) is 0.618. The van der Waals surface area contributed by atoms with Crippen molar-refractivity contribution >= 4 is 15.9 Å². The van der Waals surface area contributed by atoms with E-state index in [4.69, 9.17) is 0 Å². The summed E-state index contributed by atoms with van der Waals surface area (Å²) in [7, 11) is -3.40. The highest BCUT2D eigenvalue weighted by molar-refractivity contribution is 7.89. The Hall–Kier alpha value is -2.19. The molecule has 1 aliphatic heterocycles. The van der Waals surface area contributed by atoms with Crippen molar-refractivity contribution in [3.05, 3.63) is 47.3 Å². The van der Waals surface area contributed by atoms with Crippen LogP contribution in [0.3, 0.4) is 0 Å². The summed E-state index contributed by atoms with van der Waals surface area (Å²) in [6.07, 6.45) is 4.75. The Bertz CT molecular complexity index is 945. The van der Waals surface area contributed by atoms with E-state index in [1.807, 2.05) is 36.7 Å². The highest BCUT2D eigenvalue weighted by Gasteiger charge is 2.25. The zero-order chi connectivity index (χ0) is 21.6. The Morgan fingerprint density at radius 2 is 1.80 bits per heavy atom. The van der Waals surface area contributed by atoms with Crippen molar-refractivity contribution in [3.8, 4) is 0 Å². The van der Waals surface area contributed by atoms with Crippen LogP contribution >= 0.6 is 0 Å². The molecule has 2 heterocycles. The van der Waals surface area contributed by atoms with Crippen LogP contribution in [0, 0.1) is 13.8 Å². The van der Waals surface area contributed by atoms with Crippen molar-refractivity contribution < 1.29 is 13.2 Å². The summed E-state index contributed by atoms with van der Waals surface area (Å²) in [5.41, 5.74) is 3.10. The normalized spacial score (nSPS) is 15.3.